The number of hydrogen-bond donors (Lipinski definition) is 0. The molecule has 0 unspecified atom stereocenters. The van der Waals surface area contributed by atoms with Gasteiger partial charge in [-0.1, -0.05) is 53.6 Å². The van der Waals surface area contributed by atoms with Gasteiger partial charge in [-0.15, -0.1) is 10.2 Å². The highest BCUT2D eigenvalue weighted by molar-refractivity contribution is 6.30. The molecule has 0 radical (unpaired) electrons. The van der Waals surface area contributed by atoms with Crippen LogP contribution in [0.15, 0.2) is 59.7 Å². The zero-order chi connectivity index (χ0) is 20.8. The van der Waals surface area contributed by atoms with Crippen molar-refractivity contribution < 1.29 is 0 Å². The minimum Gasteiger partial charge on any atom is -0.293 e. The summed E-state index contributed by atoms with van der Waals surface area (Å²) in [5, 5.41) is 13.8. The lowest BCUT2D eigenvalue weighted by molar-refractivity contribution is 0.736. The van der Waals surface area contributed by atoms with Crippen LogP contribution in [-0.4, -0.2) is 29.4 Å². The Morgan fingerprint density at radius 2 is 1.67 bits per heavy atom. The number of hydrogen-bond acceptors (Lipinski definition) is 5. The largest absolute Gasteiger partial charge is 0.293 e. The molecule has 0 aliphatic rings. The third-order valence-corrected chi connectivity index (χ3v) is 5.33. The number of rotatable bonds is 3. The van der Waals surface area contributed by atoms with Crippen molar-refractivity contribution in [3.05, 3.63) is 87.1 Å². The highest BCUT2D eigenvalue weighted by Gasteiger charge is 2.18. The van der Waals surface area contributed by atoms with Crippen LogP contribution in [0.1, 0.15) is 16.8 Å². The van der Waals surface area contributed by atoms with Crippen LogP contribution in [-0.2, 0) is 6.54 Å². The number of fused-ring (bicyclic) bond motifs is 3. The molecule has 5 aromatic rings. The summed E-state index contributed by atoms with van der Waals surface area (Å²) >= 11 is 6.01. The highest BCUT2D eigenvalue weighted by atomic mass is 35.5. The van der Waals surface area contributed by atoms with Crippen molar-refractivity contribution in [3.63, 3.8) is 0 Å². The molecule has 0 atom stereocenters. The Bertz CT molecular complexity index is 1450. The van der Waals surface area contributed by atoms with Crippen LogP contribution in [0, 0.1) is 13.8 Å². The summed E-state index contributed by atoms with van der Waals surface area (Å²) < 4.78 is 3.11. The Balaban J connectivity index is 1.65. The molecule has 0 fully saturated rings. The van der Waals surface area contributed by atoms with Crippen LogP contribution in [0.25, 0.3) is 27.9 Å². The van der Waals surface area contributed by atoms with Gasteiger partial charge in [0, 0.05) is 5.02 Å². The molecule has 8 heteroatoms. The maximum absolute atomic E-state index is 13.0. The molecular formula is C22H17ClN6O. The lowest BCUT2D eigenvalue weighted by atomic mass is 10.1. The van der Waals surface area contributed by atoms with Crippen LogP contribution in [0.5, 0.6) is 0 Å². The van der Waals surface area contributed by atoms with Gasteiger partial charge >= 0.3 is 0 Å². The van der Waals surface area contributed by atoms with Crippen molar-refractivity contribution in [1.82, 2.24) is 29.4 Å². The summed E-state index contributed by atoms with van der Waals surface area (Å²) in [5.74, 6) is 0. The smallest absolute Gasteiger partial charge is 0.283 e. The van der Waals surface area contributed by atoms with E-state index in [-0.39, 0.29) is 11.1 Å². The molecule has 0 amide bonds. The van der Waals surface area contributed by atoms with Gasteiger partial charge in [0.2, 0.25) is 0 Å². The molecule has 0 bridgehead atoms. The molecule has 30 heavy (non-hydrogen) atoms. The summed E-state index contributed by atoms with van der Waals surface area (Å²) in [5.41, 5.74) is 5.57. The molecule has 7 nitrogen and oxygen atoms in total. The van der Waals surface area contributed by atoms with Crippen molar-refractivity contribution in [2.45, 2.75) is 20.4 Å². The monoisotopic (exact) mass is 416 g/mol. The Labute approximate surface area is 176 Å². The average Bonchev–Trinajstić information content (AvgIpc) is 3.08. The first-order valence-electron chi connectivity index (χ1n) is 9.44. The van der Waals surface area contributed by atoms with Crippen molar-refractivity contribution in [1.29, 1.82) is 0 Å². The molecular weight excluding hydrogens is 400 g/mol. The summed E-state index contributed by atoms with van der Waals surface area (Å²) in [6, 6.07) is 15.5. The van der Waals surface area contributed by atoms with Gasteiger partial charge in [0.15, 0.2) is 16.8 Å². The fraction of sp³-hybridized carbons (Fsp3) is 0.136. The number of nitrogens with zero attached hydrogens (tertiary/aromatic N) is 6. The summed E-state index contributed by atoms with van der Waals surface area (Å²) in [7, 11) is 0. The SMILES string of the molecule is Cc1ccc(Cn2cnc3c(nnc4c(-c5ccc(Cl)cc5)c(C)nn43)c2=O)cc1. The number of aryl methyl sites for hydroxylation is 2. The van der Waals surface area contributed by atoms with Crippen LogP contribution in [0.4, 0.5) is 0 Å². The van der Waals surface area contributed by atoms with Crippen LogP contribution in [0.2, 0.25) is 5.02 Å². The molecule has 0 aliphatic heterocycles. The Kier molecular flexibility index (Phi) is 4.33. The molecule has 0 saturated carbocycles. The summed E-state index contributed by atoms with van der Waals surface area (Å²) in [4.78, 5) is 17.5. The van der Waals surface area contributed by atoms with E-state index in [0.29, 0.717) is 22.9 Å². The van der Waals surface area contributed by atoms with Crippen molar-refractivity contribution in [2.75, 3.05) is 0 Å². The lowest BCUT2D eigenvalue weighted by Crippen LogP contribution is -2.23. The zero-order valence-corrected chi connectivity index (χ0v) is 17.1. The zero-order valence-electron chi connectivity index (χ0n) is 16.4. The van der Waals surface area contributed by atoms with E-state index in [2.05, 4.69) is 20.3 Å². The Morgan fingerprint density at radius 1 is 0.933 bits per heavy atom. The first-order chi connectivity index (χ1) is 14.5. The molecule has 2 aromatic carbocycles. The highest BCUT2D eigenvalue weighted by Crippen LogP contribution is 2.28. The third-order valence-electron chi connectivity index (χ3n) is 5.08. The summed E-state index contributed by atoms with van der Waals surface area (Å²) in [6.07, 6.45) is 1.53. The molecule has 5 rings (SSSR count). The van der Waals surface area contributed by atoms with Gasteiger partial charge in [-0.3, -0.25) is 9.36 Å². The van der Waals surface area contributed by atoms with Gasteiger partial charge in [-0.05, 0) is 37.1 Å². The van der Waals surface area contributed by atoms with Gasteiger partial charge in [0.05, 0.1) is 17.8 Å². The van der Waals surface area contributed by atoms with E-state index in [1.54, 1.807) is 4.52 Å². The first-order valence-corrected chi connectivity index (χ1v) is 9.82. The maximum Gasteiger partial charge on any atom is 0.283 e. The average molecular weight is 417 g/mol. The second-order valence-electron chi connectivity index (χ2n) is 7.24. The van der Waals surface area contributed by atoms with Gasteiger partial charge in [0.25, 0.3) is 5.56 Å². The number of benzene rings is 2. The predicted octanol–water partition coefficient (Wildman–Crippen LogP) is 3.82. The predicted molar refractivity (Wildman–Crippen MR) is 116 cm³/mol. The van der Waals surface area contributed by atoms with E-state index in [0.717, 1.165) is 22.4 Å². The van der Waals surface area contributed by atoms with E-state index in [4.69, 9.17) is 11.6 Å². The minimum absolute atomic E-state index is 0.183. The Hall–Kier alpha value is -3.58. The topological polar surface area (TPSA) is 78.0 Å². The third kappa shape index (κ3) is 3.04. The van der Waals surface area contributed by atoms with E-state index < -0.39 is 0 Å². The molecule has 148 valence electrons. The molecule has 3 aromatic heterocycles. The fourth-order valence-corrected chi connectivity index (χ4v) is 3.65. The van der Waals surface area contributed by atoms with E-state index in [1.807, 2.05) is 62.4 Å². The molecule has 0 aliphatic carbocycles. The van der Waals surface area contributed by atoms with Crippen LogP contribution >= 0.6 is 11.6 Å². The van der Waals surface area contributed by atoms with Crippen molar-refractivity contribution >= 4 is 28.4 Å². The minimum atomic E-state index is -0.254. The van der Waals surface area contributed by atoms with Crippen LogP contribution in [0.3, 0.4) is 0 Å². The van der Waals surface area contributed by atoms with E-state index in [9.17, 15) is 4.79 Å². The summed E-state index contributed by atoms with van der Waals surface area (Å²) in [6.45, 7) is 4.33. The van der Waals surface area contributed by atoms with Crippen molar-refractivity contribution in [2.24, 2.45) is 0 Å². The number of halogens is 1. The molecule has 0 N–H and O–H groups in total. The van der Waals surface area contributed by atoms with Gasteiger partial charge < -0.3 is 0 Å². The van der Waals surface area contributed by atoms with Crippen molar-refractivity contribution in [3.8, 4) is 11.1 Å². The first kappa shape index (κ1) is 18.4. The normalized spacial score (nSPS) is 11.4. The lowest BCUT2D eigenvalue weighted by Gasteiger charge is -2.07. The van der Waals surface area contributed by atoms with Gasteiger partial charge in [-0.25, -0.2) is 4.98 Å². The Morgan fingerprint density at radius 3 is 2.40 bits per heavy atom. The standard InChI is InChI=1S/C22H17ClN6O/c1-13-3-5-15(6-4-13)11-28-12-24-21-19(22(28)30)25-26-20-18(14(2)27-29(20)21)16-7-9-17(23)10-8-16/h3-10,12H,11H2,1-2H3. The second kappa shape index (κ2) is 7.03. The van der Waals surface area contributed by atoms with Gasteiger partial charge in [-0.2, -0.15) is 9.61 Å². The molecule has 3 heterocycles. The fourth-order valence-electron chi connectivity index (χ4n) is 3.52. The van der Waals surface area contributed by atoms with E-state index >= 15 is 0 Å². The molecule has 0 spiro atoms. The maximum atomic E-state index is 13.0. The number of aromatic nitrogens is 6. The second-order valence-corrected chi connectivity index (χ2v) is 7.67. The molecule has 0 saturated heterocycles. The van der Waals surface area contributed by atoms with E-state index in [1.165, 1.54) is 16.5 Å². The van der Waals surface area contributed by atoms with Gasteiger partial charge in [0.1, 0.15) is 6.33 Å². The van der Waals surface area contributed by atoms with Crippen LogP contribution < -0.4 is 5.56 Å². The quantitative estimate of drug-likeness (QED) is 0.446.